The second kappa shape index (κ2) is 4.90. The monoisotopic (exact) mass is 243 g/mol. The Balaban J connectivity index is 3.13. The summed E-state index contributed by atoms with van der Waals surface area (Å²) in [4.78, 5) is 21.1. The van der Waals surface area contributed by atoms with Gasteiger partial charge in [0.15, 0.2) is 6.10 Å². The van der Waals surface area contributed by atoms with Crippen LogP contribution < -0.4 is 5.11 Å². The molecule has 0 radical (unpaired) electrons. The van der Waals surface area contributed by atoms with Gasteiger partial charge in [-0.2, -0.15) is 8.78 Å². The summed E-state index contributed by atoms with van der Waals surface area (Å²) in [7, 11) is 0. The molecule has 92 valence electrons. The van der Waals surface area contributed by atoms with Crippen LogP contribution in [0.1, 0.15) is 18.6 Å². The van der Waals surface area contributed by atoms with Crippen molar-refractivity contribution in [3.8, 4) is 0 Å². The number of alkyl halides is 2. The molecule has 1 atom stereocenters. The van der Waals surface area contributed by atoms with Crippen LogP contribution in [-0.2, 0) is 14.3 Å². The third-order valence-electron chi connectivity index (χ3n) is 1.99. The van der Waals surface area contributed by atoms with Crippen LogP contribution in [0.2, 0.25) is 0 Å². The molecule has 0 fully saturated rings. The Kier molecular flexibility index (Phi) is 3.77. The van der Waals surface area contributed by atoms with Gasteiger partial charge in [0.05, 0.1) is 0 Å². The van der Waals surface area contributed by atoms with Crippen molar-refractivity contribution in [3.05, 3.63) is 35.9 Å². The molecule has 6 heteroatoms. The van der Waals surface area contributed by atoms with Crippen LogP contribution in [0.15, 0.2) is 30.3 Å². The Morgan fingerprint density at radius 2 is 1.82 bits per heavy atom. The average Bonchev–Trinajstić information content (AvgIpc) is 2.26. The highest BCUT2D eigenvalue weighted by atomic mass is 19.3. The SMILES string of the molecule is CC(=O)OC(c1ccccc1)C(F)(F)C(=O)[O-]. The van der Waals surface area contributed by atoms with Gasteiger partial charge in [0.25, 0.3) is 0 Å². The van der Waals surface area contributed by atoms with Crippen molar-refractivity contribution in [2.45, 2.75) is 19.0 Å². The number of carboxylic acid groups (broad SMARTS) is 1. The molecule has 0 amide bonds. The van der Waals surface area contributed by atoms with E-state index in [-0.39, 0.29) is 5.56 Å². The quantitative estimate of drug-likeness (QED) is 0.729. The van der Waals surface area contributed by atoms with Crippen LogP contribution in [0.3, 0.4) is 0 Å². The number of aliphatic carboxylic acids is 1. The lowest BCUT2D eigenvalue weighted by Gasteiger charge is -2.27. The van der Waals surface area contributed by atoms with E-state index in [0.717, 1.165) is 6.92 Å². The van der Waals surface area contributed by atoms with Crippen molar-refractivity contribution >= 4 is 11.9 Å². The fourth-order valence-corrected chi connectivity index (χ4v) is 1.25. The first-order valence-electron chi connectivity index (χ1n) is 4.67. The molecule has 1 unspecified atom stereocenters. The molecule has 4 nitrogen and oxygen atoms in total. The largest absolute Gasteiger partial charge is 0.544 e. The third-order valence-corrected chi connectivity index (χ3v) is 1.99. The molecule has 0 aromatic heterocycles. The van der Waals surface area contributed by atoms with Crippen molar-refractivity contribution < 1.29 is 28.2 Å². The molecule has 0 heterocycles. The predicted molar refractivity (Wildman–Crippen MR) is 50.9 cm³/mol. The molecule has 0 spiro atoms. The molecule has 0 N–H and O–H groups in total. The maximum atomic E-state index is 13.3. The van der Waals surface area contributed by atoms with Gasteiger partial charge >= 0.3 is 11.9 Å². The van der Waals surface area contributed by atoms with E-state index in [0.29, 0.717) is 0 Å². The van der Waals surface area contributed by atoms with Crippen molar-refractivity contribution in [2.75, 3.05) is 0 Å². The van der Waals surface area contributed by atoms with Crippen LogP contribution >= 0.6 is 0 Å². The van der Waals surface area contributed by atoms with E-state index in [1.807, 2.05) is 0 Å². The first-order chi connectivity index (χ1) is 7.85. The summed E-state index contributed by atoms with van der Waals surface area (Å²) < 4.78 is 31.0. The number of carbonyl (C=O) groups excluding carboxylic acids is 2. The van der Waals surface area contributed by atoms with E-state index in [1.165, 1.54) is 24.3 Å². The zero-order valence-corrected chi connectivity index (χ0v) is 8.85. The molecule has 17 heavy (non-hydrogen) atoms. The topological polar surface area (TPSA) is 66.4 Å². The molecule has 1 aromatic carbocycles. The van der Waals surface area contributed by atoms with E-state index in [4.69, 9.17) is 0 Å². The summed E-state index contributed by atoms with van der Waals surface area (Å²) in [6.07, 6.45) is -2.19. The highest BCUT2D eigenvalue weighted by Gasteiger charge is 2.44. The van der Waals surface area contributed by atoms with Crippen molar-refractivity contribution in [2.24, 2.45) is 0 Å². The number of ether oxygens (including phenoxy) is 1. The normalized spacial score (nSPS) is 12.9. The standard InChI is InChI=1S/C11H10F2O4/c1-7(14)17-9(11(12,13)10(15)16)8-5-3-2-4-6-8/h2-6,9H,1H3,(H,15,16)/p-1. The summed E-state index contributed by atoms with van der Waals surface area (Å²) in [5.41, 5.74) is -0.114. The first-order valence-corrected chi connectivity index (χ1v) is 4.67. The van der Waals surface area contributed by atoms with Crippen LogP contribution in [0.25, 0.3) is 0 Å². The van der Waals surface area contributed by atoms with Gasteiger partial charge in [0.1, 0.15) is 5.97 Å². The lowest BCUT2D eigenvalue weighted by atomic mass is 10.0. The Hall–Kier alpha value is -1.98. The Labute approximate surface area is 95.8 Å². The fourth-order valence-electron chi connectivity index (χ4n) is 1.25. The minimum Gasteiger partial charge on any atom is -0.544 e. The summed E-state index contributed by atoms with van der Waals surface area (Å²) in [5, 5.41) is 10.4. The van der Waals surface area contributed by atoms with Crippen LogP contribution in [0, 0.1) is 0 Å². The van der Waals surface area contributed by atoms with Gasteiger partial charge in [0, 0.05) is 6.92 Å². The summed E-state index contributed by atoms with van der Waals surface area (Å²) >= 11 is 0. The molecule has 0 saturated carbocycles. The van der Waals surface area contributed by atoms with Gasteiger partial charge in [0.2, 0.25) is 0 Å². The highest BCUT2D eigenvalue weighted by molar-refractivity contribution is 5.75. The Morgan fingerprint density at radius 3 is 2.24 bits per heavy atom. The molecule has 0 saturated heterocycles. The van der Waals surface area contributed by atoms with Crippen molar-refractivity contribution in [1.82, 2.24) is 0 Å². The average molecular weight is 243 g/mol. The lowest BCUT2D eigenvalue weighted by molar-refractivity contribution is -0.336. The summed E-state index contributed by atoms with van der Waals surface area (Å²) in [5.74, 6) is -7.88. The lowest BCUT2D eigenvalue weighted by Crippen LogP contribution is -2.47. The van der Waals surface area contributed by atoms with Gasteiger partial charge < -0.3 is 14.6 Å². The van der Waals surface area contributed by atoms with E-state index in [2.05, 4.69) is 4.74 Å². The molecule has 0 bridgehead atoms. The van der Waals surface area contributed by atoms with E-state index in [1.54, 1.807) is 6.07 Å². The van der Waals surface area contributed by atoms with Crippen LogP contribution in [0.4, 0.5) is 8.78 Å². The number of benzene rings is 1. The predicted octanol–water partition coefficient (Wildman–Crippen LogP) is 0.676. The number of carboxylic acids is 1. The fraction of sp³-hybridized carbons (Fsp3) is 0.273. The Bertz CT molecular complexity index is 417. The zero-order chi connectivity index (χ0) is 13.1. The number of halogens is 2. The minimum atomic E-state index is -4.28. The molecule has 0 aliphatic carbocycles. The number of hydrogen-bond donors (Lipinski definition) is 0. The van der Waals surface area contributed by atoms with Gasteiger partial charge in [-0.3, -0.25) is 4.79 Å². The summed E-state index contributed by atoms with van der Waals surface area (Å²) in [6, 6.07) is 6.90. The van der Waals surface area contributed by atoms with Crippen molar-refractivity contribution in [1.29, 1.82) is 0 Å². The smallest absolute Gasteiger partial charge is 0.327 e. The van der Waals surface area contributed by atoms with E-state index >= 15 is 0 Å². The first kappa shape index (κ1) is 13.1. The van der Waals surface area contributed by atoms with E-state index < -0.39 is 24.0 Å². The number of carbonyl (C=O) groups is 2. The number of hydrogen-bond acceptors (Lipinski definition) is 4. The van der Waals surface area contributed by atoms with Gasteiger partial charge in [-0.15, -0.1) is 0 Å². The number of esters is 1. The maximum absolute atomic E-state index is 13.3. The molecule has 0 aliphatic heterocycles. The molecule has 1 rings (SSSR count). The number of rotatable bonds is 4. The van der Waals surface area contributed by atoms with Gasteiger partial charge in [-0.1, -0.05) is 30.3 Å². The summed E-state index contributed by atoms with van der Waals surface area (Å²) in [6.45, 7) is 0.918. The van der Waals surface area contributed by atoms with Crippen LogP contribution in [0.5, 0.6) is 0 Å². The second-order valence-electron chi connectivity index (χ2n) is 3.31. The van der Waals surface area contributed by atoms with Crippen molar-refractivity contribution in [3.63, 3.8) is 0 Å². The molecule has 0 aliphatic rings. The maximum Gasteiger partial charge on any atom is 0.327 e. The molecular weight excluding hydrogens is 234 g/mol. The minimum absolute atomic E-state index is 0.114. The van der Waals surface area contributed by atoms with Gasteiger partial charge in [-0.25, -0.2) is 0 Å². The second-order valence-corrected chi connectivity index (χ2v) is 3.31. The zero-order valence-electron chi connectivity index (χ0n) is 8.85. The third kappa shape index (κ3) is 2.99. The van der Waals surface area contributed by atoms with E-state index in [9.17, 15) is 23.5 Å². The highest BCUT2D eigenvalue weighted by Crippen LogP contribution is 2.34. The van der Waals surface area contributed by atoms with Crippen LogP contribution in [-0.4, -0.2) is 17.9 Å². The Morgan fingerprint density at radius 1 is 1.29 bits per heavy atom. The molecule has 1 aromatic rings. The van der Waals surface area contributed by atoms with Gasteiger partial charge in [-0.05, 0) is 5.56 Å². The molecular formula is C11H9F2O4-.